The van der Waals surface area contributed by atoms with Crippen molar-refractivity contribution >= 4 is 11.9 Å². The van der Waals surface area contributed by atoms with Crippen LogP contribution < -0.4 is 21.1 Å². The number of nitrogens with two attached hydrogens (primary N) is 1. The molecule has 0 unspecified atom stereocenters. The molecular weight excluding hydrogens is 294 g/mol. The number of hydrogen-bond donors (Lipinski definition) is 3. The van der Waals surface area contributed by atoms with Gasteiger partial charge in [-0.1, -0.05) is 12.1 Å². The van der Waals surface area contributed by atoms with Gasteiger partial charge in [0.05, 0.1) is 6.10 Å². The van der Waals surface area contributed by atoms with Crippen LogP contribution in [0, 0.1) is 0 Å². The zero-order chi connectivity index (χ0) is 16.7. The number of carbonyl (C=O) groups excluding carboxylic acids is 2. The second-order valence-electron chi connectivity index (χ2n) is 5.94. The molecule has 0 heterocycles. The van der Waals surface area contributed by atoms with Crippen LogP contribution in [0.5, 0.6) is 5.75 Å². The molecule has 0 aliphatic heterocycles. The molecular formula is C17H25N3O3. The molecule has 6 nitrogen and oxygen atoms in total. The fraction of sp³-hybridized carbons (Fsp3) is 0.529. The second-order valence-corrected chi connectivity index (χ2v) is 5.94. The van der Waals surface area contributed by atoms with Gasteiger partial charge in [-0.25, -0.2) is 4.79 Å². The molecule has 0 radical (unpaired) electrons. The summed E-state index contributed by atoms with van der Waals surface area (Å²) in [6.07, 6.45) is 5.88. The van der Waals surface area contributed by atoms with Crippen LogP contribution in [0.15, 0.2) is 24.3 Å². The van der Waals surface area contributed by atoms with Crippen LogP contribution in [0.4, 0.5) is 4.79 Å². The molecule has 0 bridgehead atoms. The zero-order valence-corrected chi connectivity index (χ0v) is 13.5. The monoisotopic (exact) mass is 319 g/mol. The van der Waals surface area contributed by atoms with Gasteiger partial charge >= 0.3 is 6.03 Å². The topological polar surface area (TPSA) is 93.5 Å². The summed E-state index contributed by atoms with van der Waals surface area (Å²) in [6.45, 7) is 2.10. The van der Waals surface area contributed by atoms with Gasteiger partial charge in [0, 0.05) is 6.54 Å². The first kappa shape index (κ1) is 17.1. The zero-order valence-electron chi connectivity index (χ0n) is 13.5. The van der Waals surface area contributed by atoms with E-state index in [1.807, 2.05) is 24.3 Å². The van der Waals surface area contributed by atoms with Crippen molar-refractivity contribution in [3.63, 3.8) is 0 Å². The Morgan fingerprint density at radius 3 is 2.52 bits per heavy atom. The summed E-state index contributed by atoms with van der Waals surface area (Å²) in [7, 11) is 0. The maximum Gasteiger partial charge on any atom is 0.312 e. The highest BCUT2D eigenvalue weighted by atomic mass is 16.5. The fourth-order valence-electron chi connectivity index (χ4n) is 2.70. The van der Waals surface area contributed by atoms with Gasteiger partial charge in [0.1, 0.15) is 11.8 Å². The predicted octanol–water partition coefficient (Wildman–Crippen LogP) is 1.72. The van der Waals surface area contributed by atoms with Crippen molar-refractivity contribution in [1.29, 1.82) is 0 Å². The van der Waals surface area contributed by atoms with Crippen molar-refractivity contribution in [2.24, 2.45) is 5.73 Å². The van der Waals surface area contributed by atoms with Crippen LogP contribution >= 0.6 is 0 Å². The third kappa shape index (κ3) is 5.81. The summed E-state index contributed by atoms with van der Waals surface area (Å²) >= 11 is 0. The predicted molar refractivity (Wildman–Crippen MR) is 88.2 cm³/mol. The van der Waals surface area contributed by atoms with Gasteiger partial charge in [0.2, 0.25) is 5.91 Å². The number of primary amides is 1. The van der Waals surface area contributed by atoms with Crippen molar-refractivity contribution in [3.05, 3.63) is 29.8 Å². The molecule has 2 rings (SSSR count). The molecule has 4 N–H and O–H groups in total. The molecule has 3 amide bonds. The molecule has 0 aromatic heterocycles. The maximum absolute atomic E-state index is 11.7. The lowest BCUT2D eigenvalue weighted by Crippen LogP contribution is -2.47. The Morgan fingerprint density at radius 1 is 1.26 bits per heavy atom. The Bertz CT molecular complexity index is 524. The van der Waals surface area contributed by atoms with Crippen LogP contribution in [0.1, 0.15) is 38.2 Å². The summed E-state index contributed by atoms with van der Waals surface area (Å²) in [5.41, 5.74) is 6.11. The number of carbonyl (C=O) groups is 2. The Labute approximate surface area is 136 Å². The van der Waals surface area contributed by atoms with Crippen LogP contribution in [0.25, 0.3) is 0 Å². The minimum atomic E-state index is -0.703. The van der Waals surface area contributed by atoms with E-state index in [9.17, 15) is 9.59 Å². The lowest BCUT2D eigenvalue weighted by atomic mass is 10.1. The summed E-state index contributed by atoms with van der Waals surface area (Å²) in [5.74, 6) is 0.661. The Morgan fingerprint density at radius 2 is 1.91 bits per heavy atom. The first-order chi connectivity index (χ1) is 11.0. The molecule has 1 atom stereocenters. The number of benzene rings is 1. The van der Waals surface area contributed by atoms with Crippen molar-refractivity contribution in [2.75, 3.05) is 6.54 Å². The second kappa shape index (κ2) is 8.41. The third-order valence-electron chi connectivity index (χ3n) is 3.99. The first-order valence-electron chi connectivity index (χ1n) is 8.14. The minimum Gasteiger partial charge on any atom is -0.490 e. The van der Waals surface area contributed by atoms with Crippen LogP contribution in [-0.4, -0.2) is 30.6 Å². The first-order valence-corrected chi connectivity index (χ1v) is 8.14. The summed E-state index contributed by atoms with van der Waals surface area (Å²) in [6, 6.07) is 6.66. The summed E-state index contributed by atoms with van der Waals surface area (Å²) < 4.78 is 5.92. The van der Waals surface area contributed by atoms with Gasteiger partial charge in [0.15, 0.2) is 0 Å². The number of amides is 3. The molecule has 1 fully saturated rings. The highest BCUT2D eigenvalue weighted by molar-refractivity contribution is 5.86. The Balaban J connectivity index is 1.71. The van der Waals surface area contributed by atoms with Gasteiger partial charge < -0.3 is 21.1 Å². The van der Waals surface area contributed by atoms with E-state index >= 15 is 0 Å². The third-order valence-corrected chi connectivity index (χ3v) is 3.99. The molecule has 0 spiro atoms. The number of rotatable bonds is 7. The SMILES string of the molecule is C[C@@H](NC(N)=O)C(=O)NCCc1ccc(OC2CCCC2)cc1. The van der Waals surface area contributed by atoms with E-state index in [-0.39, 0.29) is 5.91 Å². The van der Waals surface area contributed by atoms with Crippen molar-refractivity contribution in [3.8, 4) is 5.75 Å². The van der Waals surface area contributed by atoms with Crippen molar-refractivity contribution < 1.29 is 14.3 Å². The van der Waals surface area contributed by atoms with E-state index < -0.39 is 12.1 Å². The van der Waals surface area contributed by atoms with E-state index in [0.717, 1.165) is 30.6 Å². The Hall–Kier alpha value is -2.24. The molecule has 1 aromatic carbocycles. The molecule has 1 saturated carbocycles. The molecule has 23 heavy (non-hydrogen) atoms. The molecule has 0 saturated heterocycles. The van der Waals surface area contributed by atoms with Gasteiger partial charge in [-0.15, -0.1) is 0 Å². The maximum atomic E-state index is 11.7. The van der Waals surface area contributed by atoms with Crippen LogP contribution in [-0.2, 0) is 11.2 Å². The average molecular weight is 319 g/mol. The fourth-order valence-corrected chi connectivity index (χ4v) is 2.70. The van der Waals surface area contributed by atoms with Gasteiger partial charge in [-0.05, 0) is 56.7 Å². The number of hydrogen-bond acceptors (Lipinski definition) is 3. The smallest absolute Gasteiger partial charge is 0.312 e. The summed E-state index contributed by atoms with van der Waals surface area (Å²) in [5, 5.41) is 5.11. The number of urea groups is 1. The number of nitrogens with one attached hydrogen (secondary N) is 2. The number of ether oxygens (including phenoxy) is 1. The largest absolute Gasteiger partial charge is 0.490 e. The van der Waals surface area contributed by atoms with Gasteiger partial charge in [-0.2, -0.15) is 0 Å². The highest BCUT2D eigenvalue weighted by Crippen LogP contribution is 2.24. The van der Waals surface area contributed by atoms with Gasteiger partial charge in [0.25, 0.3) is 0 Å². The molecule has 6 heteroatoms. The molecule has 126 valence electrons. The van der Waals surface area contributed by atoms with Gasteiger partial charge in [-0.3, -0.25) is 4.79 Å². The molecule has 1 aliphatic rings. The van der Waals surface area contributed by atoms with E-state index in [2.05, 4.69) is 10.6 Å². The van der Waals surface area contributed by atoms with E-state index in [1.54, 1.807) is 6.92 Å². The minimum absolute atomic E-state index is 0.245. The van der Waals surface area contributed by atoms with Crippen molar-refractivity contribution in [2.45, 2.75) is 51.2 Å². The van der Waals surface area contributed by atoms with Crippen molar-refractivity contribution in [1.82, 2.24) is 10.6 Å². The average Bonchev–Trinajstić information content (AvgIpc) is 3.01. The normalized spacial score (nSPS) is 15.9. The lowest BCUT2D eigenvalue weighted by Gasteiger charge is -2.14. The van der Waals surface area contributed by atoms with E-state index in [4.69, 9.17) is 10.5 Å². The standard InChI is InChI=1S/C17H25N3O3/c1-12(20-17(18)22)16(21)19-11-10-13-6-8-15(9-7-13)23-14-4-2-3-5-14/h6-9,12,14H,2-5,10-11H2,1H3,(H,19,21)(H3,18,20,22)/t12-/m1/s1. The van der Waals surface area contributed by atoms with E-state index in [0.29, 0.717) is 12.6 Å². The van der Waals surface area contributed by atoms with Crippen LogP contribution in [0.2, 0.25) is 0 Å². The highest BCUT2D eigenvalue weighted by Gasteiger charge is 2.16. The lowest BCUT2D eigenvalue weighted by molar-refractivity contribution is -0.122. The molecule has 1 aromatic rings. The summed E-state index contributed by atoms with van der Waals surface area (Å²) in [4.78, 5) is 22.4. The molecule has 1 aliphatic carbocycles. The van der Waals surface area contributed by atoms with E-state index in [1.165, 1.54) is 12.8 Å². The quantitative estimate of drug-likeness (QED) is 0.714. The van der Waals surface area contributed by atoms with Crippen LogP contribution in [0.3, 0.4) is 0 Å². The Kier molecular flexibility index (Phi) is 6.26.